The number of phosphoric acid groups is 2. The summed E-state index contributed by atoms with van der Waals surface area (Å²) in [5.41, 5.74) is 6.04. The SMILES string of the molecule is Nc1ncnc2c1ncn2[C@@H]1O[C@H](COP(=O)(O)OP(=O)(O)OCC(=O)[C@H](O)[C@H](O)CO)[C@@H](O)[C@H]1O. The number of fused-ring (bicyclic) bond motifs is 1. The summed E-state index contributed by atoms with van der Waals surface area (Å²) < 4.78 is 43.4. The van der Waals surface area contributed by atoms with Crippen molar-refractivity contribution in [2.24, 2.45) is 0 Å². The van der Waals surface area contributed by atoms with Gasteiger partial charge in [-0.05, 0) is 0 Å². The highest BCUT2D eigenvalue weighted by Gasteiger charge is 2.46. The second-order valence-electron chi connectivity index (χ2n) is 7.38. The van der Waals surface area contributed by atoms with Gasteiger partial charge in [-0.3, -0.25) is 18.4 Å². The van der Waals surface area contributed by atoms with E-state index in [9.17, 15) is 39.0 Å². The first-order chi connectivity index (χ1) is 16.8. The van der Waals surface area contributed by atoms with E-state index in [0.29, 0.717) is 0 Å². The van der Waals surface area contributed by atoms with Gasteiger partial charge < -0.3 is 45.8 Å². The number of carbonyl (C=O) groups is 1. The quantitative estimate of drug-likeness (QED) is 0.117. The molecule has 0 bridgehead atoms. The highest BCUT2D eigenvalue weighted by Crippen LogP contribution is 2.60. The molecule has 0 aromatic carbocycles. The number of nitrogens with two attached hydrogens (primary N) is 1. The largest absolute Gasteiger partial charge is 0.481 e. The van der Waals surface area contributed by atoms with Crippen LogP contribution in [0.25, 0.3) is 11.2 Å². The van der Waals surface area contributed by atoms with Crippen LogP contribution in [-0.2, 0) is 32.0 Å². The molecule has 1 aliphatic rings. The summed E-state index contributed by atoms with van der Waals surface area (Å²) in [6, 6.07) is 0. The van der Waals surface area contributed by atoms with Gasteiger partial charge in [-0.2, -0.15) is 4.31 Å². The van der Waals surface area contributed by atoms with E-state index in [1.165, 1.54) is 10.9 Å². The van der Waals surface area contributed by atoms with Crippen molar-refractivity contribution in [2.45, 2.75) is 36.7 Å². The Morgan fingerprint density at radius 2 is 1.81 bits per heavy atom. The van der Waals surface area contributed by atoms with Crippen LogP contribution < -0.4 is 5.73 Å². The van der Waals surface area contributed by atoms with Crippen LogP contribution in [0.15, 0.2) is 12.7 Å². The van der Waals surface area contributed by atoms with Gasteiger partial charge in [-0.15, -0.1) is 0 Å². The third-order valence-corrected chi connectivity index (χ3v) is 7.44. The molecule has 3 heterocycles. The number of Topliss-reactive ketones (excluding diaryl/α,β-unsaturated/α-hetero) is 1. The number of phosphoric ester groups is 2. The van der Waals surface area contributed by atoms with Crippen LogP contribution in [0.4, 0.5) is 5.82 Å². The lowest BCUT2D eigenvalue weighted by Gasteiger charge is -2.19. The molecule has 0 aliphatic carbocycles. The molecule has 1 saturated heterocycles. The van der Waals surface area contributed by atoms with Crippen LogP contribution in [0.1, 0.15) is 6.23 Å². The van der Waals surface area contributed by atoms with E-state index in [1.54, 1.807) is 0 Å². The standard InChI is InChI=1S/C15H23N5O14P2/c16-13-9-14(18-4-17-13)20(5-19-9)15-12(26)11(25)8(33-15)3-32-36(29,30)34-35(27,28)31-2-7(23)10(24)6(22)1-21/h4-6,8,10-12,15,21-22,24-26H,1-3H2,(H,27,28)(H,29,30)(H2,16,17,18)/t6-,8-,10-,11-,12-,15-/m1/s1. The maximum absolute atomic E-state index is 12.1. The summed E-state index contributed by atoms with van der Waals surface area (Å²) in [5.74, 6) is -1.30. The molecule has 0 amide bonds. The maximum Gasteiger partial charge on any atom is 0.481 e. The third-order valence-electron chi connectivity index (χ3n) is 4.86. The molecule has 21 heteroatoms. The fourth-order valence-corrected chi connectivity index (χ4v) is 5.09. The molecule has 2 unspecified atom stereocenters. The van der Waals surface area contributed by atoms with Crippen LogP contribution >= 0.6 is 15.6 Å². The first-order valence-electron chi connectivity index (χ1n) is 9.86. The highest BCUT2D eigenvalue weighted by molar-refractivity contribution is 7.61. The minimum absolute atomic E-state index is 0.0430. The zero-order valence-corrected chi connectivity index (χ0v) is 19.8. The molecular weight excluding hydrogens is 536 g/mol. The summed E-state index contributed by atoms with van der Waals surface area (Å²) >= 11 is 0. The predicted octanol–water partition coefficient (Wildman–Crippen LogP) is -3.44. The van der Waals surface area contributed by atoms with Gasteiger partial charge in [0.25, 0.3) is 0 Å². The predicted molar refractivity (Wildman–Crippen MR) is 112 cm³/mol. The van der Waals surface area contributed by atoms with Gasteiger partial charge in [0, 0.05) is 0 Å². The number of nitrogens with zero attached hydrogens (tertiary/aromatic N) is 4. The number of rotatable bonds is 12. The van der Waals surface area contributed by atoms with E-state index in [0.717, 1.165) is 6.33 Å². The Morgan fingerprint density at radius 3 is 2.47 bits per heavy atom. The molecule has 19 nitrogen and oxygen atoms in total. The Labute approximate surface area is 200 Å². The molecular formula is C15H23N5O14P2. The van der Waals surface area contributed by atoms with Crippen molar-refractivity contribution in [1.29, 1.82) is 0 Å². The number of imidazole rings is 1. The third kappa shape index (κ3) is 6.48. The number of aliphatic hydroxyl groups excluding tert-OH is 5. The van der Waals surface area contributed by atoms with Crippen LogP contribution in [0.2, 0.25) is 0 Å². The normalized spacial score (nSPS) is 27.4. The van der Waals surface area contributed by atoms with Gasteiger partial charge in [-0.1, -0.05) is 0 Å². The summed E-state index contributed by atoms with van der Waals surface area (Å²) in [4.78, 5) is 42.6. The van der Waals surface area contributed by atoms with E-state index >= 15 is 0 Å². The van der Waals surface area contributed by atoms with Gasteiger partial charge >= 0.3 is 15.6 Å². The zero-order valence-electron chi connectivity index (χ0n) is 18.0. The molecule has 1 fully saturated rings. The van der Waals surface area contributed by atoms with Crippen molar-refractivity contribution < 1.29 is 67.3 Å². The molecule has 2 aromatic heterocycles. The number of aliphatic hydroxyl groups is 5. The second kappa shape index (κ2) is 11.2. The Hall–Kier alpha value is -1.96. The van der Waals surface area contributed by atoms with E-state index in [-0.39, 0.29) is 17.0 Å². The molecule has 0 saturated carbocycles. The van der Waals surface area contributed by atoms with Gasteiger partial charge in [0.1, 0.15) is 49.0 Å². The van der Waals surface area contributed by atoms with Crippen molar-refractivity contribution in [3.8, 4) is 0 Å². The molecule has 1 aliphatic heterocycles. The van der Waals surface area contributed by atoms with E-state index in [1.807, 2.05) is 0 Å². The first kappa shape index (κ1) is 28.6. The van der Waals surface area contributed by atoms with Crippen LogP contribution in [-0.4, -0.2) is 111 Å². The van der Waals surface area contributed by atoms with Gasteiger partial charge in [-0.25, -0.2) is 24.1 Å². The van der Waals surface area contributed by atoms with Crippen molar-refractivity contribution in [3.63, 3.8) is 0 Å². The Morgan fingerprint density at radius 1 is 1.14 bits per heavy atom. The fraction of sp³-hybridized carbons (Fsp3) is 0.600. The molecule has 8 atom stereocenters. The summed E-state index contributed by atoms with van der Waals surface area (Å²) in [5, 5.41) is 47.8. The Bertz CT molecular complexity index is 1180. The average molecular weight is 559 g/mol. The smallest absolute Gasteiger partial charge is 0.394 e. The number of anilines is 1. The summed E-state index contributed by atoms with van der Waals surface area (Å²) in [7, 11) is -10.8. The van der Waals surface area contributed by atoms with Crippen molar-refractivity contribution in [1.82, 2.24) is 19.5 Å². The second-order valence-corrected chi connectivity index (χ2v) is 10.4. The molecule has 202 valence electrons. The first-order valence-corrected chi connectivity index (χ1v) is 12.9. The van der Waals surface area contributed by atoms with Gasteiger partial charge in [0.15, 0.2) is 23.5 Å². The average Bonchev–Trinajstić information content (AvgIpc) is 3.36. The van der Waals surface area contributed by atoms with Crippen molar-refractivity contribution in [3.05, 3.63) is 12.7 Å². The van der Waals surface area contributed by atoms with E-state index in [4.69, 9.17) is 20.7 Å². The number of ether oxygens (including phenoxy) is 1. The Kier molecular flexibility index (Phi) is 8.90. The number of aromatic nitrogens is 4. The lowest BCUT2D eigenvalue weighted by Crippen LogP contribution is -2.38. The molecule has 3 rings (SSSR count). The number of nitrogen functional groups attached to an aromatic ring is 1. The van der Waals surface area contributed by atoms with Gasteiger partial charge in [0.05, 0.1) is 19.5 Å². The molecule has 0 radical (unpaired) electrons. The maximum atomic E-state index is 12.1. The number of hydrogen-bond acceptors (Lipinski definition) is 16. The van der Waals surface area contributed by atoms with Gasteiger partial charge in [0.2, 0.25) is 0 Å². The summed E-state index contributed by atoms with van der Waals surface area (Å²) in [6.45, 7) is -3.26. The minimum Gasteiger partial charge on any atom is -0.394 e. The molecule has 2 aromatic rings. The lowest BCUT2D eigenvalue weighted by molar-refractivity contribution is -0.137. The monoisotopic (exact) mass is 559 g/mol. The van der Waals surface area contributed by atoms with Crippen molar-refractivity contribution >= 4 is 38.4 Å². The molecule has 9 N–H and O–H groups in total. The zero-order chi connectivity index (χ0) is 26.8. The topological polar surface area (TPSA) is 299 Å². The van der Waals surface area contributed by atoms with Crippen LogP contribution in [0.5, 0.6) is 0 Å². The van der Waals surface area contributed by atoms with Crippen LogP contribution in [0, 0.1) is 0 Å². The fourth-order valence-electron chi connectivity index (χ4n) is 3.04. The van der Waals surface area contributed by atoms with E-state index in [2.05, 4.69) is 28.3 Å². The molecule has 36 heavy (non-hydrogen) atoms. The Balaban J connectivity index is 1.58. The number of ketones is 1. The van der Waals surface area contributed by atoms with Crippen molar-refractivity contribution in [2.75, 3.05) is 25.6 Å². The van der Waals surface area contributed by atoms with Crippen LogP contribution in [0.3, 0.4) is 0 Å². The van der Waals surface area contributed by atoms with E-state index < -0.39 is 78.0 Å². The number of hydrogen-bond donors (Lipinski definition) is 8. The number of carbonyl (C=O) groups excluding carboxylic acids is 1. The summed E-state index contributed by atoms with van der Waals surface area (Å²) in [6.07, 6.45) is -7.71. The highest BCUT2D eigenvalue weighted by atomic mass is 31.3. The lowest BCUT2D eigenvalue weighted by atomic mass is 10.1. The molecule has 0 spiro atoms. The minimum atomic E-state index is -5.42.